The lowest BCUT2D eigenvalue weighted by Gasteiger charge is -2.18. The number of nitrogens with zero attached hydrogens (tertiary/aromatic N) is 4. The smallest absolute Gasteiger partial charge is 0.282 e. The van der Waals surface area contributed by atoms with Gasteiger partial charge in [-0.25, -0.2) is 9.37 Å². The highest BCUT2D eigenvalue weighted by atomic mass is 19.1. The van der Waals surface area contributed by atoms with Gasteiger partial charge in [-0.3, -0.25) is 4.79 Å². The van der Waals surface area contributed by atoms with Crippen LogP contribution in [0.25, 0.3) is 33.2 Å². The molecule has 2 aromatic heterocycles. The first-order chi connectivity index (χ1) is 21.3. The van der Waals surface area contributed by atoms with E-state index in [-0.39, 0.29) is 17.3 Å². The molecule has 0 bridgehead atoms. The van der Waals surface area contributed by atoms with Gasteiger partial charge < -0.3 is 9.30 Å². The Morgan fingerprint density at radius 2 is 1.66 bits per heavy atom. The molecule has 0 aliphatic carbocycles. The number of halogens is 1. The third kappa shape index (κ3) is 5.19. The highest BCUT2D eigenvalue weighted by Crippen LogP contribution is 2.34. The summed E-state index contributed by atoms with van der Waals surface area (Å²) in [7, 11) is 0. The molecule has 6 nitrogen and oxygen atoms in total. The summed E-state index contributed by atoms with van der Waals surface area (Å²) in [4.78, 5) is 19.0. The van der Waals surface area contributed by atoms with Crippen LogP contribution in [0.3, 0.4) is 0 Å². The lowest BCUT2D eigenvalue weighted by Crippen LogP contribution is -2.21. The van der Waals surface area contributed by atoms with Gasteiger partial charge in [0.25, 0.3) is 5.56 Å². The minimum atomic E-state index is -0.256. The molecule has 0 unspecified atom stereocenters. The van der Waals surface area contributed by atoms with Crippen molar-refractivity contribution in [1.82, 2.24) is 14.2 Å². The first kappa shape index (κ1) is 29.1. The van der Waals surface area contributed by atoms with Crippen molar-refractivity contribution in [2.75, 3.05) is 6.61 Å². The average Bonchev–Trinajstić information content (AvgIpc) is 3.28. The van der Waals surface area contributed by atoms with Crippen molar-refractivity contribution in [3.05, 3.63) is 129 Å². The molecular weight excluding hydrogens is 551 g/mol. The predicted octanol–water partition coefficient (Wildman–Crippen LogP) is 8.23. The van der Waals surface area contributed by atoms with Crippen LogP contribution >= 0.6 is 0 Å². The molecule has 0 fully saturated rings. The van der Waals surface area contributed by atoms with Crippen molar-refractivity contribution < 1.29 is 9.13 Å². The number of ether oxygens (including phenoxy) is 1. The molecule has 4 aromatic carbocycles. The molecule has 0 radical (unpaired) electrons. The summed E-state index contributed by atoms with van der Waals surface area (Å²) in [5.74, 6) is 1.24. The number of hydrogen-bond donors (Lipinski definition) is 0. The summed E-state index contributed by atoms with van der Waals surface area (Å²) in [6.07, 6.45) is 1.73. The Morgan fingerprint density at radius 1 is 0.955 bits per heavy atom. The lowest BCUT2D eigenvalue weighted by atomic mass is 9.96. The van der Waals surface area contributed by atoms with Crippen LogP contribution in [0.1, 0.15) is 54.6 Å². The molecule has 222 valence electrons. The lowest BCUT2D eigenvalue weighted by molar-refractivity contribution is 0.335. The van der Waals surface area contributed by atoms with Gasteiger partial charge in [0.15, 0.2) is 5.82 Å². The molecular formula is C37H35FN4O2. The van der Waals surface area contributed by atoms with Gasteiger partial charge in [0.05, 0.1) is 30.3 Å². The standard InChI is InChI=1S/C37H35FN4O2/c1-6-44-35-19-24(4)30(20-29(35)23(2)3)36-40-33-17-11-8-15-28(33)37(43)42(36)39-21-31-25(5)41(34-18-12-9-14-27(31)34)22-26-13-7-10-16-32(26)38/h7-21,23H,6,22H2,1-5H3. The largest absolute Gasteiger partial charge is 0.494 e. The van der Waals surface area contributed by atoms with Crippen LogP contribution in [0.5, 0.6) is 5.75 Å². The maximum Gasteiger partial charge on any atom is 0.282 e. The van der Waals surface area contributed by atoms with Crippen molar-refractivity contribution in [2.24, 2.45) is 5.10 Å². The Morgan fingerprint density at radius 3 is 2.41 bits per heavy atom. The predicted molar refractivity (Wildman–Crippen MR) is 177 cm³/mol. The molecule has 0 aliphatic heterocycles. The normalized spacial score (nSPS) is 11.8. The number of fused-ring (bicyclic) bond motifs is 2. The van der Waals surface area contributed by atoms with Crippen LogP contribution in [0.4, 0.5) is 4.39 Å². The maximum atomic E-state index is 14.6. The summed E-state index contributed by atoms with van der Waals surface area (Å²) >= 11 is 0. The SMILES string of the molecule is CCOc1cc(C)c(-c2nc3ccccc3c(=O)n2N=Cc2c(C)n(Cc3ccccc3F)c3ccccc23)cc1C(C)C. The Kier molecular flexibility index (Phi) is 7.87. The van der Waals surface area contributed by atoms with Gasteiger partial charge in [0.1, 0.15) is 11.6 Å². The third-order valence-corrected chi connectivity index (χ3v) is 8.14. The average molecular weight is 587 g/mol. The topological polar surface area (TPSA) is 61.4 Å². The van der Waals surface area contributed by atoms with Gasteiger partial charge in [-0.05, 0) is 74.2 Å². The van der Waals surface area contributed by atoms with Crippen molar-refractivity contribution in [1.29, 1.82) is 0 Å². The van der Waals surface area contributed by atoms with E-state index in [4.69, 9.17) is 14.8 Å². The number of rotatable bonds is 8. The van der Waals surface area contributed by atoms with E-state index in [0.717, 1.165) is 44.6 Å². The van der Waals surface area contributed by atoms with Gasteiger partial charge in [0.2, 0.25) is 0 Å². The molecule has 0 atom stereocenters. The highest BCUT2D eigenvalue weighted by molar-refractivity contribution is 6.01. The van der Waals surface area contributed by atoms with E-state index in [2.05, 4.69) is 24.5 Å². The Bertz CT molecular complexity index is 2110. The van der Waals surface area contributed by atoms with Crippen LogP contribution in [-0.2, 0) is 6.54 Å². The van der Waals surface area contributed by atoms with Crippen LogP contribution < -0.4 is 10.3 Å². The van der Waals surface area contributed by atoms with Crippen molar-refractivity contribution in [3.63, 3.8) is 0 Å². The van der Waals surface area contributed by atoms with Gasteiger partial charge in [-0.1, -0.05) is 62.4 Å². The van der Waals surface area contributed by atoms with Gasteiger partial charge in [-0.2, -0.15) is 9.78 Å². The highest BCUT2D eigenvalue weighted by Gasteiger charge is 2.19. The van der Waals surface area contributed by atoms with Crippen LogP contribution in [0.2, 0.25) is 0 Å². The molecule has 0 spiro atoms. The van der Waals surface area contributed by atoms with E-state index in [1.165, 1.54) is 10.7 Å². The number of benzene rings is 4. The second-order valence-corrected chi connectivity index (χ2v) is 11.3. The Hall–Kier alpha value is -5.04. The molecule has 44 heavy (non-hydrogen) atoms. The second-order valence-electron chi connectivity index (χ2n) is 11.3. The number of para-hydroxylation sites is 2. The summed E-state index contributed by atoms with van der Waals surface area (Å²) in [6.45, 7) is 11.1. The van der Waals surface area contributed by atoms with E-state index in [1.807, 2.05) is 75.4 Å². The molecule has 6 rings (SSSR count). The fourth-order valence-electron chi connectivity index (χ4n) is 5.81. The molecule has 0 saturated heterocycles. The number of aryl methyl sites for hydroxylation is 1. The molecule has 7 heteroatoms. The maximum absolute atomic E-state index is 14.6. The van der Waals surface area contributed by atoms with Crippen molar-refractivity contribution >= 4 is 28.0 Å². The van der Waals surface area contributed by atoms with E-state index >= 15 is 0 Å². The molecule has 2 heterocycles. The fraction of sp³-hybridized carbons (Fsp3) is 0.216. The minimum absolute atomic E-state index is 0.197. The summed E-state index contributed by atoms with van der Waals surface area (Å²) in [6, 6.07) is 26.2. The summed E-state index contributed by atoms with van der Waals surface area (Å²) < 4.78 is 24.1. The molecule has 0 N–H and O–H groups in total. The molecule has 0 aliphatic rings. The quantitative estimate of drug-likeness (QED) is 0.169. The third-order valence-electron chi connectivity index (χ3n) is 8.14. The molecule has 0 saturated carbocycles. The summed E-state index contributed by atoms with van der Waals surface area (Å²) in [5, 5.41) is 6.28. The number of aromatic nitrogens is 3. The zero-order chi connectivity index (χ0) is 31.0. The van der Waals surface area contributed by atoms with E-state index in [0.29, 0.717) is 35.4 Å². The first-order valence-corrected chi connectivity index (χ1v) is 14.9. The Labute approximate surface area is 256 Å². The van der Waals surface area contributed by atoms with E-state index < -0.39 is 0 Å². The van der Waals surface area contributed by atoms with Crippen LogP contribution in [0.15, 0.2) is 94.8 Å². The first-order valence-electron chi connectivity index (χ1n) is 14.9. The second kappa shape index (κ2) is 11.9. The van der Waals surface area contributed by atoms with E-state index in [1.54, 1.807) is 24.4 Å². The molecule has 6 aromatic rings. The van der Waals surface area contributed by atoms with Gasteiger partial charge in [-0.15, -0.1) is 0 Å². The Balaban J connectivity index is 1.55. The fourth-order valence-corrected chi connectivity index (χ4v) is 5.81. The van der Waals surface area contributed by atoms with Crippen molar-refractivity contribution in [3.8, 4) is 17.1 Å². The zero-order valence-electron chi connectivity index (χ0n) is 25.6. The molecule has 0 amide bonds. The van der Waals surface area contributed by atoms with E-state index in [9.17, 15) is 9.18 Å². The minimum Gasteiger partial charge on any atom is -0.494 e. The summed E-state index contributed by atoms with van der Waals surface area (Å²) in [5.41, 5.74) is 6.47. The van der Waals surface area contributed by atoms with Crippen LogP contribution in [0, 0.1) is 19.7 Å². The van der Waals surface area contributed by atoms with Gasteiger partial charge >= 0.3 is 0 Å². The van der Waals surface area contributed by atoms with Crippen LogP contribution in [-0.4, -0.2) is 27.0 Å². The zero-order valence-corrected chi connectivity index (χ0v) is 25.6. The van der Waals surface area contributed by atoms with Gasteiger partial charge in [0, 0.05) is 33.3 Å². The number of hydrogen-bond acceptors (Lipinski definition) is 4. The van der Waals surface area contributed by atoms with Crippen molar-refractivity contribution in [2.45, 2.75) is 47.1 Å². The monoisotopic (exact) mass is 586 g/mol.